The number of rotatable bonds is 9. The van der Waals surface area contributed by atoms with Gasteiger partial charge in [-0.2, -0.15) is 0 Å². The predicted molar refractivity (Wildman–Crippen MR) is 109 cm³/mol. The van der Waals surface area contributed by atoms with Gasteiger partial charge in [0.25, 0.3) is 0 Å². The van der Waals surface area contributed by atoms with Crippen LogP contribution in [0.25, 0.3) is 0 Å². The summed E-state index contributed by atoms with van der Waals surface area (Å²) in [7, 11) is 0. The second-order valence-corrected chi connectivity index (χ2v) is 6.50. The Morgan fingerprint density at radius 1 is 1.00 bits per heavy atom. The van der Waals surface area contributed by atoms with Crippen LogP contribution in [0, 0.1) is 0 Å². The molecule has 1 heterocycles. The molecule has 0 aliphatic rings. The van der Waals surface area contributed by atoms with Crippen molar-refractivity contribution in [2.45, 2.75) is 26.9 Å². The lowest BCUT2D eigenvalue weighted by Gasteiger charge is -2.12. The van der Waals surface area contributed by atoms with E-state index in [1.165, 1.54) is 0 Å². The predicted octanol–water partition coefficient (Wildman–Crippen LogP) is 4.99. The average Bonchev–Trinajstić information content (AvgIpc) is 3.09. The van der Waals surface area contributed by atoms with Crippen molar-refractivity contribution in [2.75, 3.05) is 18.5 Å². The standard InChI is InChI=1S/C21H24ClN3O2/c1-3-26-19-9-8-16(11-20(19)27-4-2)12-23-21-14-25(15-24-21)13-17-6-5-7-18(22)10-17/h5-11,14-15,23H,3-4,12-13H2,1-2H3. The molecule has 0 spiro atoms. The molecule has 27 heavy (non-hydrogen) atoms. The first-order chi connectivity index (χ1) is 13.2. The molecule has 1 aromatic heterocycles. The van der Waals surface area contributed by atoms with Gasteiger partial charge in [0.05, 0.1) is 19.5 Å². The summed E-state index contributed by atoms with van der Waals surface area (Å²) in [6.07, 6.45) is 3.80. The summed E-state index contributed by atoms with van der Waals surface area (Å²) in [5.74, 6) is 2.36. The first kappa shape index (κ1) is 19.1. The largest absolute Gasteiger partial charge is 0.490 e. The van der Waals surface area contributed by atoms with Crippen LogP contribution in [-0.4, -0.2) is 22.8 Å². The highest BCUT2D eigenvalue weighted by Gasteiger charge is 2.07. The van der Waals surface area contributed by atoms with E-state index >= 15 is 0 Å². The molecule has 0 unspecified atom stereocenters. The summed E-state index contributed by atoms with van der Waals surface area (Å²) >= 11 is 6.04. The minimum Gasteiger partial charge on any atom is -0.490 e. The van der Waals surface area contributed by atoms with Crippen molar-refractivity contribution in [1.29, 1.82) is 0 Å². The van der Waals surface area contributed by atoms with Crippen LogP contribution >= 0.6 is 11.6 Å². The molecule has 0 saturated heterocycles. The highest BCUT2D eigenvalue weighted by molar-refractivity contribution is 6.30. The van der Waals surface area contributed by atoms with Crippen LogP contribution in [0.4, 0.5) is 5.82 Å². The lowest BCUT2D eigenvalue weighted by molar-refractivity contribution is 0.287. The third-order valence-electron chi connectivity index (χ3n) is 3.97. The number of hydrogen-bond donors (Lipinski definition) is 1. The Labute approximate surface area is 164 Å². The molecule has 3 rings (SSSR count). The van der Waals surface area contributed by atoms with Crippen molar-refractivity contribution in [3.05, 3.63) is 71.1 Å². The maximum atomic E-state index is 6.04. The number of anilines is 1. The highest BCUT2D eigenvalue weighted by Crippen LogP contribution is 2.28. The van der Waals surface area contributed by atoms with E-state index in [-0.39, 0.29) is 0 Å². The SMILES string of the molecule is CCOc1ccc(CNc2cn(Cc3cccc(Cl)c3)cn2)cc1OCC. The molecule has 0 atom stereocenters. The van der Waals surface area contributed by atoms with Gasteiger partial charge in [-0.05, 0) is 49.2 Å². The van der Waals surface area contributed by atoms with Gasteiger partial charge in [0, 0.05) is 24.3 Å². The average molecular weight is 386 g/mol. The van der Waals surface area contributed by atoms with Crippen LogP contribution < -0.4 is 14.8 Å². The molecule has 0 saturated carbocycles. The van der Waals surface area contributed by atoms with Gasteiger partial charge >= 0.3 is 0 Å². The van der Waals surface area contributed by atoms with Crippen molar-refractivity contribution < 1.29 is 9.47 Å². The van der Waals surface area contributed by atoms with Crippen LogP contribution in [0.15, 0.2) is 55.0 Å². The van der Waals surface area contributed by atoms with Crippen LogP contribution in [-0.2, 0) is 13.1 Å². The van der Waals surface area contributed by atoms with E-state index in [1.807, 2.05) is 73.4 Å². The minimum absolute atomic E-state index is 0.602. The number of ether oxygens (including phenoxy) is 2. The normalized spacial score (nSPS) is 10.6. The Morgan fingerprint density at radius 3 is 2.59 bits per heavy atom. The number of hydrogen-bond acceptors (Lipinski definition) is 4. The molecule has 0 fully saturated rings. The maximum absolute atomic E-state index is 6.04. The first-order valence-electron chi connectivity index (χ1n) is 9.06. The fraction of sp³-hybridized carbons (Fsp3) is 0.286. The van der Waals surface area contributed by atoms with Gasteiger partial charge in [0.15, 0.2) is 11.5 Å². The van der Waals surface area contributed by atoms with Gasteiger partial charge in [-0.15, -0.1) is 0 Å². The fourth-order valence-electron chi connectivity index (χ4n) is 2.78. The van der Waals surface area contributed by atoms with Gasteiger partial charge in [-0.25, -0.2) is 4.98 Å². The Bertz CT molecular complexity index is 879. The zero-order valence-electron chi connectivity index (χ0n) is 15.6. The second kappa shape index (κ2) is 9.33. The van der Waals surface area contributed by atoms with E-state index in [2.05, 4.69) is 10.3 Å². The number of halogens is 1. The van der Waals surface area contributed by atoms with E-state index in [1.54, 1.807) is 0 Å². The van der Waals surface area contributed by atoms with Crippen LogP contribution in [0.3, 0.4) is 0 Å². The second-order valence-electron chi connectivity index (χ2n) is 6.06. The van der Waals surface area contributed by atoms with Gasteiger partial charge < -0.3 is 19.4 Å². The summed E-state index contributed by atoms with van der Waals surface area (Å²) in [4.78, 5) is 4.42. The van der Waals surface area contributed by atoms with Crippen molar-refractivity contribution in [3.8, 4) is 11.5 Å². The van der Waals surface area contributed by atoms with Gasteiger partial charge in [0.2, 0.25) is 0 Å². The van der Waals surface area contributed by atoms with Gasteiger partial charge in [-0.3, -0.25) is 0 Å². The van der Waals surface area contributed by atoms with Crippen LogP contribution in [0.1, 0.15) is 25.0 Å². The zero-order chi connectivity index (χ0) is 19.1. The molecule has 3 aromatic rings. The third-order valence-corrected chi connectivity index (χ3v) is 4.20. The summed E-state index contributed by atoms with van der Waals surface area (Å²) in [6.45, 7) is 6.53. The van der Waals surface area contributed by atoms with Crippen molar-refractivity contribution in [3.63, 3.8) is 0 Å². The van der Waals surface area contributed by atoms with Gasteiger partial charge in [0.1, 0.15) is 5.82 Å². The van der Waals surface area contributed by atoms with Crippen molar-refractivity contribution in [2.24, 2.45) is 0 Å². The first-order valence-corrected chi connectivity index (χ1v) is 9.44. The zero-order valence-corrected chi connectivity index (χ0v) is 16.4. The molecule has 0 amide bonds. The molecule has 5 nitrogen and oxygen atoms in total. The monoisotopic (exact) mass is 385 g/mol. The summed E-state index contributed by atoms with van der Waals surface area (Å²) in [6, 6.07) is 13.8. The lowest BCUT2D eigenvalue weighted by Crippen LogP contribution is -2.03. The lowest BCUT2D eigenvalue weighted by atomic mass is 10.2. The summed E-state index contributed by atoms with van der Waals surface area (Å²) in [5, 5.41) is 4.09. The van der Waals surface area contributed by atoms with Gasteiger partial charge in [-0.1, -0.05) is 29.8 Å². The number of nitrogens with zero attached hydrogens (tertiary/aromatic N) is 2. The molecule has 142 valence electrons. The van der Waals surface area contributed by atoms with Crippen molar-refractivity contribution >= 4 is 17.4 Å². The Kier molecular flexibility index (Phi) is 6.60. The molecule has 0 aliphatic heterocycles. The van der Waals surface area contributed by atoms with E-state index in [0.29, 0.717) is 19.8 Å². The van der Waals surface area contributed by atoms with Crippen LogP contribution in [0.5, 0.6) is 11.5 Å². The number of aromatic nitrogens is 2. The summed E-state index contributed by atoms with van der Waals surface area (Å²) in [5.41, 5.74) is 2.24. The van der Waals surface area contributed by atoms with E-state index in [0.717, 1.165) is 40.0 Å². The van der Waals surface area contributed by atoms with Crippen LogP contribution in [0.2, 0.25) is 5.02 Å². The molecular weight excluding hydrogens is 362 g/mol. The Hall–Kier alpha value is -2.66. The minimum atomic E-state index is 0.602. The van der Waals surface area contributed by atoms with E-state index in [4.69, 9.17) is 21.1 Å². The van der Waals surface area contributed by atoms with Crippen molar-refractivity contribution in [1.82, 2.24) is 9.55 Å². The smallest absolute Gasteiger partial charge is 0.161 e. The molecule has 0 aliphatic carbocycles. The van der Waals surface area contributed by atoms with E-state index < -0.39 is 0 Å². The Morgan fingerprint density at radius 2 is 1.81 bits per heavy atom. The third kappa shape index (κ3) is 5.41. The molecule has 0 bridgehead atoms. The molecule has 2 aromatic carbocycles. The summed E-state index contributed by atoms with van der Waals surface area (Å²) < 4.78 is 13.3. The fourth-order valence-corrected chi connectivity index (χ4v) is 2.99. The number of imidazole rings is 1. The number of benzene rings is 2. The van der Waals surface area contributed by atoms with E-state index in [9.17, 15) is 0 Å². The topological polar surface area (TPSA) is 48.3 Å². The maximum Gasteiger partial charge on any atom is 0.161 e. The molecular formula is C21H24ClN3O2. The molecule has 6 heteroatoms. The molecule has 1 N–H and O–H groups in total. The molecule has 0 radical (unpaired) electrons. The number of nitrogens with one attached hydrogen (secondary N) is 1. The quantitative estimate of drug-likeness (QED) is 0.563. The highest BCUT2D eigenvalue weighted by atomic mass is 35.5. The Balaban J connectivity index is 1.62.